The summed E-state index contributed by atoms with van der Waals surface area (Å²) in [5.74, 6) is 0.591. The molecule has 0 saturated heterocycles. The van der Waals surface area contributed by atoms with Gasteiger partial charge < -0.3 is 10.4 Å². The second-order valence-electron chi connectivity index (χ2n) is 4.91. The van der Waals surface area contributed by atoms with Crippen molar-refractivity contribution in [3.8, 4) is 5.75 Å². The maximum atomic E-state index is 9.41. The fourth-order valence-corrected chi connectivity index (χ4v) is 3.02. The van der Waals surface area contributed by atoms with Crippen LogP contribution in [0.1, 0.15) is 22.6 Å². The molecule has 0 saturated carbocycles. The number of aromatic hydroxyl groups is 1. The summed E-state index contributed by atoms with van der Waals surface area (Å²) in [7, 11) is 0. The third kappa shape index (κ3) is 2.46. The van der Waals surface area contributed by atoms with Crippen LogP contribution in [-0.4, -0.2) is 18.2 Å². The molecule has 2 aromatic rings. The van der Waals surface area contributed by atoms with Crippen molar-refractivity contribution in [2.24, 2.45) is 0 Å². The predicted molar refractivity (Wildman–Crippen MR) is 78.0 cm³/mol. The van der Waals surface area contributed by atoms with E-state index in [0.29, 0.717) is 5.75 Å². The van der Waals surface area contributed by atoms with Crippen LogP contribution in [0.2, 0.25) is 5.02 Å². The van der Waals surface area contributed by atoms with Crippen molar-refractivity contribution >= 4 is 11.6 Å². The number of nitrogens with one attached hydrogen (secondary N) is 1. The Morgan fingerprint density at radius 3 is 2.68 bits per heavy atom. The number of fused-ring (bicyclic) bond motifs is 1. The lowest BCUT2D eigenvalue weighted by molar-refractivity contribution is 0.475. The number of rotatable bonds is 1. The van der Waals surface area contributed by atoms with E-state index in [0.717, 1.165) is 24.5 Å². The summed E-state index contributed by atoms with van der Waals surface area (Å²) in [5.41, 5.74) is 3.74. The highest BCUT2D eigenvalue weighted by Gasteiger charge is 2.21. The van der Waals surface area contributed by atoms with Crippen molar-refractivity contribution in [2.75, 3.05) is 13.1 Å². The number of hydrogen-bond acceptors (Lipinski definition) is 2. The molecule has 1 unspecified atom stereocenters. The van der Waals surface area contributed by atoms with Crippen molar-refractivity contribution in [3.63, 3.8) is 0 Å². The normalized spacial score (nSPS) is 18.7. The van der Waals surface area contributed by atoms with Crippen LogP contribution < -0.4 is 5.32 Å². The van der Waals surface area contributed by atoms with Gasteiger partial charge in [0.05, 0.1) is 0 Å². The molecule has 0 amide bonds. The lowest BCUT2D eigenvalue weighted by Crippen LogP contribution is -2.20. The molecule has 2 aromatic carbocycles. The van der Waals surface area contributed by atoms with Gasteiger partial charge in [0.15, 0.2) is 0 Å². The van der Waals surface area contributed by atoms with Crippen molar-refractivity contribution in [1.29, 1.82) is 0 Å². The first kappa shape index (κ1) is 12.5. The lowest BCUT2D eigenvalue weighted by Gasteiger charge is -2.18. The molecule has 1 aliphatic rings. The van der Waals surface area contributed by atoms with E-state index in [-0.39, 0.29) is 5.92 Å². The van der Waals surface area contributed by atoms with Crippen molar-refractivity contribution in [2.45, 2.75) is 12.3 Å². The third-order valence-electron chi connectivity index (χ3n) is 3.73. The predicted octanol–water partition coefficient (Wildman–Crippen LogP) is 3.32. The van der Waals surface area contributed by atoms with E-state index in [1.165, 1.54) is 16.7 Å². The molecule has 0 spiro atoms. The Balaban J connectivity index is 2.07. The van der Waals surface area contributed by atoms with E-state index in [4.69, 9.17) is 11.6 Å². The van der Waals surface area contributed by atoms with Gasteiger partial charge >= 0.3 is 0 Å². The molecule has 19 heavy (non-hydrogen) atoms. The Hall–Kier alpha value is -1.51. The number of phenolic OH excluding ortho intramolecular Hbond substituents is 1. The van der Waals surface area contributed by atoms with E-state index < -0.39 is 0 Å². The molecule has 2 nitrogen and oxygen atoms in total. The fourth-order valence-electron chi connectivity index (χ4n) is 2.74. The summed E-state index contributed by atoms with van der Waals surface area (Å²) in [4.78, 5) is 0. The lowest BCUT2D eigenvalue weighted by atomic mass is 9.88. The highest BCUT2D eigenvalue weighted by atomic mass is 35.5. The number of benzene rings is 2. The molecule has 1 atom stereocenters. The Bertz CT molecular complexity index is 580. The first-order chi connectivity index (χ1) is 9.25. The van der Waals surface area contributed by atoms with Gasteiger partial charge in [0.2, 0.25) is 0 Å². The van der Waals surface area contributed by atoms with E-state index in [1.807, 2.05) is 24.3 Å². The van der Waals surface area contributed by atoms with Crippen LogP contribution in [0.3, 0.4) is 0 Å². The molecule has 0 fully saturated rings. The summed E-state index contributed by atoms with van der Waals surface area (Å²) >= 11 is 6.32. The highest BCUT2D eigenvalue weighted by molar-refractivity contribution is 6.31. The van der Waals surface area contributed by atoms with Crippen LogP contribution in [0.25, 0.3) is 0 Å². The van der Waals surface area contributed by atoms with Crippen LogP contribution in [0.5, 0.6) is 5.75 Å². The van der Waals surface area contributed by atoms with Crippen LogP contribution in [0.4, 0.5) is 0 Å². The van der Waals surface area contributed by atoms with Gasteiger partial charge in [-0.15, -0.1) is 0 Å². The Kier molecular flexibility index (Phi) is 3.45. The number of hydrogen-bond donors (Lipinski definition) is 2. The van der Waals surface area contributed by atoms with Gasteiger partial charge in [-0.25, -0.2) is 0 Å². The molecule has 3 rings (SSSR count). The standard InChI is InChI=1S/C16H16ClNO/c17-16-3-1-2-13-14(16)8-9-18-10-15(13)11-4-6-12(19)7-5-11/h1-7,15,18-19H,8-10H2. The van der Waals surface area contributed by atoms with Crippen molar-refractivity contribution in [3.05, 3.63) is 64.2 Å². The molecule has 0 bridgehead atoms. The third-order valence-corrected chi connectivity index (χ3v) is 4.08. The van der Waals surface area contributed by atoms with Gasteiger partial charge in [-0.2, -0.15) is 0 Å². The van der Waals surface area contributed by atoms with Gasteiger partial charge in [0.1, 0.15) is 5.75 Å². The molecule has 0 aliphatic carbocycles. The Morgan fingerprint density at radius 1 is 1.11 bits per heavy atom. The van der Waals surface area contributed by atoms with Crippen LogP contribution in [0, 0.1) is 0 Å². The smallest absolute Gasteiger partial charge is 0.115 e. The number of halogens is 1. The zero-order valence-corrected chi connectivity index (χ0v) is 11.3. The largest absolute Gasteiger partial charge is 0.508 e. The van der Waals surface area contributed by atoms with Crippen LogP contribution in [-0.2, 0) is 6.42 Å². The fraction of sp³-hybridized carbons (Fsp3) is 0.250. The second kappa shape index (κ2) is 5.24. The average molecular weight is 274 g/mol. The zero-order valence-electron chi connectivity index (χ0n) is 10.6. The quantitative estimate of drug-likeness (QED) is 0.835. The summed E-state index contributed by atoms with van der Waals surface area (Å²) in [5, 5.41) is 13.7. The molecule has 0 radical (unpaired) electrons. The van der Waals surface area contributed by atoms with Gasteiger partial charge in [-0.1, -0.05) is 35.9 Å². The molecule has 0 aromatic heterocycles. The van der Waals surface area contributed by atoms with Crippen molar-refractivity contribution in [1.82, 2.24) is 5.32 Å². The molecule has 1 aliphatic heterocycles. The first-order valence-electron chi connectivity index (χ1n) is 6.52. The van der Waals surface area contributed by atoms with Gasteiger partial charge in [0.25, 0.3) is 0 Å². The maximum absolute atomic E-state index is 9.41. The summed E-state index contributed by atoms with van der Waals surface area (Å²) in [6.45, 7) is 1.85. The van der Waals surface area contributed by atoms with E-state index >= 15 is 0 Å². The topological polar surface area (TPSA) is 32.3 Å². The molecule has 2 N–H and O–H groups in total. The minimum absolute atomic E-state index is 0.289. The number of phenols is 1. The van der Waals surface area contributed by atoms with Gasteiger partial charge in [-0.05, 0) is 47.9 Å². The first-order valence-corrected chi connectivity index (χ1v) is 6.90. The van der Waals surface area contributed by atoms with E-state index in [9.17, 15) is 5.11 Å². The highest BCUT2D eigenvalue weighted by Crippen LogP contribution is 2.33. The second-order valence-corrected chi connectivity index (χ2v) is 5.31. The van der Waals surface area contributed by atoms with Crippen molar-refractivity contribution < 1.29 is 5.11 Å². The monoisotopic (exact) mass is 273 g/mol. The summed E-state index contributed by atoms with van der Waals surface area (Å²) in [6.07, 6.45) is 0.962. The minimum atomic E-state index is 0.289. The molecular formula is C16H16ClNO. The average Bonchev–Trinajstić information content (AvgIpc) is 2.63. The van der Waals surface area contributed by atoms with Gasteiger partial charge in [-0.3, -0.25) is 0 Å². The molecular weight excluding hydrogens is 258 g/mol. The molecule has 1 heterocycles. The summed E-state index contributed by atoms with van der Waals surface area (Å²) < 4.78 is 0. The Morgan fingerprint density at radius 2 is 1.89 bits per heavy atom. The van der Waals surface area contributed by atoms with Gasteiger partial charge in [0, 0.05) is 17.5 Å². The molecule has 98 valence electrons. The summed E-state index contributed by atoms with van der Waals surface area (Å²) in [6, 6.07) is 13.6. The minimum Gasteiger partial charge on any atom is -0.508 e. The zero-order chi connectivity index (χ0) is 13.2. The SMILES string of the molecule is Oc1ccc(C2CNCCc3c(Cl)cccc32)cc1. The van der Waals surface area contributed by atoms with E-state index in [2.05, 4.69) is 11.4 Å². The van der Waals surface area contributed by atoms with Crippen LogP contribution in [0.15, 0.2) is 42.5 Å². The van der Waals surface area contributed by atoms with Crippen LogP contribution >= 0.6 is 11.6 Å². The Labute approximate surface area is 118 Å². The maximum Gasteiger partial charge on any atom is 0.115 e. The molecule has 3 heteroatoms. The van der Waals surface area contributed by atoms with E-state index in [1.54, 1.807) is 12.1 Å².